The highest BCUT2D eigenvalue weighted by molar-refractivity contribution is 5.98. The molecule has 0 fully saturated rings. The van der Waals surface area contributed by atoms with E-state index in [2.05, 4.69) is 24.5 Å². The molecule has 1 rings (SSSR count). The molecule has 0 aliphatic heterocycles. The summed E-state index contributed by atoms with van der Waals surface area (Å²) in [5, 5.41) is 17.4. The number of carbonyl (C=O) groups excluding carboxylic acids is 2. The number of esters is 1. The number of nitro benzene ring substituents is 1. The predicted molar refractivity (Wildman–Crippen MR) is 122 cm³/mol. The molecule has 2 N–H and O–H groups in total. The number of hydrogen-bond acceptors (Lipinski definition) is 6. The summed E-state index contributed by atoms with van der Waals surface area (Å²) in [5.74, 6) is -0.496. The lowest BCUT2D eigenvalue weighted by Crippen LogP contribution is -2.45. The summed E-state index contributed by atoms with van der Waals surface area (Å²) in [5.41, 5.74) is -0.386. The fourth-order valence-corrected chi connectivity index (χ4v) is 3.28. The number of ether oxygens (including phenoxy) is 1. The average molecular weight is 436 g/mol. The molecule has 0 heterocycles. The van der Waals surface area contributed by atoms with Crippen LogP contribution in [0.3, 0.4) is 0 Å². The molecule has 31 heavy (non-hydrogen) atoms. The van der Waals surface area contributed by atoms with Crippen molar-refractivity contribution >= 4 is 23.3 Å². The first-order chi connectivity index (χ1) is 14.2. The van der Waals surface area contributed by atoms with E-state index in [4.69, 9.17) is 4.74 Å². The summed E-state index contributed by atoms with van der Waals surface area (Å²) in [6.45, 7) is 15.3. The molecule has 1 aromatic carbocycles. The number of nitrogens with one attached hydrogen (secondary N) is 2. The summed E-state index contributed by atoms with van der Waals surface area (Å²) in [4.78, 5) is 36.4. The lowest BCUT2D eigenvalue weighted by molar-refractivity contribution is -0.384. The number of benzene rings is 1. The maximum Gasteiger partial charge on any atom is 0.329 e. The van der Waals surface area contributed by atoms with Gasteiger partial charge < -0.3 is 15.4 Å². The maximum absolute atomic E-state index is 12.8. The summed E-state index contributed by atoms with van der Waals surface area (Å²) >= 11 is 0. The van der Waals surface area contributed by atoms with Crippen LogP contribution in [0.5, 0.6) is 0 Å². The Hall–Kier alpha value is -2.64. The third-order valence-corrected chi connectivity index (χ3v) is 4.39. The van der Waals surface area contributed by atoms with Gasteiger partial charge in [0.25, 0.3) is 11.6 Å². The normalized spacial score (nSPS) is 13.6. The van der Waals surface area contributed by atoms with Gasteiger partial charge in [0.2, 0.25) is 0 Å². The highest BCUT2D eigenvalue weighted by atomic mass is 16.6. The monoisotopic (exact) mass is 435 g/mol. The van der Waals surface area contributed by atoms with Gasteiger partial charge in [-0.15, -0.1) is 0 Å². The van der Waals surface area contributed by atoms with E-state index in [0.717, 1.165) is 6.42 Å². The van der Waals surface area contributed by atoms with Crippen LogP contribution in [0.25, 0.3) is 0 Å². The first kappa shape index (κ1) is 26.4. The van der Waals surface area contributed by atoms with Crippen LogP contribution in [-0.4, -0.2) is 34.5 Å². The quantitative estimate of drug-likeness (QED) is 0.306. The zero-order chi connectivity index (χ0) is 23.9. The molecule has 0 spiro atoms. The van der Waals surface area contributed by atoms with E-state index in [0.29, 0.717) is 18.0 Å². The minimum absolute atomic E-state index is 0.0426. The van der Waals surface area contributed by atoms with E-state index in [1.807, 2.05) is 20.8 Å². The average Bonchev–Trinajstić information content (AvgIpc) is 2.58. The number of carbonyl (C=O) groups is 2. The lowest BCUT2D eigenvalue weighted by Gasteiger charge is -2.25. The second kappa shape index (κ2) is 11.1. The Bertz CT molecular complexity index is 784. The van der Waals surface area contributed by atoms with E-state index in [9.17, 15) is 19.7 Å². The molecule has 1 unspecified atom stereocenters. The molecule has 1 aromatic rings. The molecule has 0 aliphatic carbocycles. The Labute approximate surface area is 185 Å². The smallest absolute Gasteiger partial charge is 0.329 e. The number of rotatable bonds is 10. The largest absolute Gasteiger partial charge is 0.458 e. The summed E-state index contributed by atoms with van der Waals surface area (Å²) in [6, 6.07) is 3.50. The van der Waals surface area contributed by atoms with Crippen molar-refractivity contribution in [2.45, 2.75) is 85.9 Å². The zero-order valence-corrected chi connectivity index (χ0v) is 19.9. The minimum atomic E-state index is -0.838. The fourth-order valence-electron chi connectivity index (χ4n) is 3.28. The Morgan fingerprint density at radius 1 is 1.06 bits per heavy atom. The molecule has 0 bridgehead atoms. The first-order valence-corrected chi connectivity index (χ1v) is 10.8. The van der Waals surface area contributed by atoms with Crippen LogP contribution in [0, 0.1) is 22.0 Å². The van der Waals surface area contributed by atoms with Crippen molar-refractivity contribution in [3.63, 3.8) is 0 Å². The van der Waals surface area contributed by atoms with Crippen molar-refractivity contribution in [2.75, 3.05) is 5.32 Å². The molecule has 0 aliphatic rings. The number of hydrogen-bond donors (Lipinski definition) is 2. The van der Waals surface area contributed by atoms with Crippen LogP contribution in [0.1, 0.15) is 78.6 Å². The minimum Gasteiger partial charge on any atom is -0.458 e. The SMILES string of the molecule is CC(C)CC(C)Nc1ccc(C(=O)N[C@@H](CC(C)C)C(=O)OC(C)(C)C)cc1[N+](=O)[O-]. The number of nitro groups is 1. The molecule has 1 amide bonds. The van der Waals surface area contributed by atoms with E-state index in [1.165, 1.54) is 18.2 Å². The Kier molecular flexibility index (Phi) is 9.46. The Balaban J connectivity index is 3.08. The van der Waals surface area contributed by atoms with Gasteiger partial charge in [0.1, 0.15) is 17.3 Å². The van der Waals surface area contributed by atoms with Gasteiger partial charge in [-0.3, -0.25) is 14.9 Å². The van der Waals surface area contributed by atoms with Crippen molar-refractivity contribution in [3.05, 3.63) is 33.9 Å². The molecule has 0 aromatic heterocycles. The van der Waals surface area contributed by atoms with Gasteiger partial charge in [-0.25, -0.2) is 4.79 Å². The van der Waals surface area contributed by atoms with Crippen LogP contribution < -0.4 is 10.6 Å². The van der Waals surface area contributed by atoms with Gasteiger partial charge in [0.15, 0.2) is 0 Å². The van der Waals surface area contributed by atoms with Crippen LogP contribution in [0.2, 0.25) is 0 Å². The second-order valence-electron chi connectivity index (χ2n) is 9.85. The molecule has 8 nitrogen and oxygen atoms in total. The van der Waals surface area contributed by atoms with Crippen LogP contribution in [-0.2, 0) is 9.53 Å². The van der Waals surface area contributed by atoms with Crippen LogP contribution in [0.15, 0.2) is 18.2 Å². The molecular weight excluding hydrogens is 398 g/mol. The molecule has 0 saturated carbocycles. The van der Waals surface area contributed by atoms with E-state index < -0.39 is 28.4 Å². The van der Waals surface area contributed by atoms with Crippen molar-refractivity contribution in [2.24, 2.45) is 11.8 Å². The number of amides is 1. The molecule has 8 heteroatoms. The van der Waals surface area contributed by atoms with Gasteiger partial charge in [-0.05, 0) is 64.5 Å². The van der Waals surface area contributed by atoms with Crippen LogP contribution >= 0.6 is 0 Å². The van der Waals surface area contributed by atoms with Gasteiger partial charge in [-0.1, -0.05) is 27.7 Å². The van der Waals surface area contributed by atoms with E-state index >= 15 is 0 Å². The third kappa shape index (κ3) is 9.36. The number of anilines is 1. The van der Waals surface area contributed by atoms with E-state index in [1.54, 1.807) is 20.8 Å². The van der Waals surface area contributed by atoms with Crippen molar-refractivity contribution in [1.29, 1.82) is 0 Å². The van der Waals surface area contributed by atoms with E-state index in [-0.39, 0.29) is 23.2 Å². The number of nitrogens with zero attached hydrogens (tertiary/aromatic N) is 1. The van der Waals surface area contributed by atoms with Crippen LogP contribution in [0.4, 0.5) is 11.4 Å². The molecule has 0 radical (unpaired) electrons. The topological polar surface area (TPSA) is 111 Å². The van der Waals surface area contributed by atoms with Crippen molar-refractivity contribution < 1.29 is 19.2 Å². The van der Waals surface area contributed by atoms with Gasteiger partial charge >= 0.3 is 5.97 Å². The maximum atomic E-state index is 12.8. The zero-order valence-electron chi connectivity index (χ0n) is 19.9. The second-order valence-corrected chi connectivity index (χ2v) is 9.85. The highest BCUT2D eigenvalue weighted by Crippen LogP contribution is 2.27. The fraction of sp³-hybridized carbons (Fsp3) is 0.652. The lowest BCUT2D eigenvalue weighted by atomic mass is 10.0. The summed E-state index contributed by atoms with van der Waals surface area (Å²) in [6.07, 6.45) is 1.25. The predicted octanol–water partition coefficient (Wildman–Crippen LogP) is 4.93. The molecule has 174 valence electrons. The molecular formula is C23H37N3O5. The van der Waals surface area contributed by atoms with Gasteiger partial charge in [0, 0.05) is 17.7 Å². The Morgan fingerprint density at radius 3 is 2.13 bits per heavy atom. The van der Waals surface area contributed by atoms with Crippen molar-refractivity contribution in [3.8, 4) is 0 Å². The van der Waals surface area contributed by atoms with Crippen molar-refractivity contribution in [1.82, 2.24) is 5.32 Å². The highest BCUT2D eigenvalue weighted by Gasteiger charge is 2.28. The molecule has 2 atom stereocenters. The standard InChI is InChI=1S/C23H37N3O5/c1-14(2)11-16(5)24-18-10-9-17(13-20(18)26(29)30)21(27)25-19(12-15(3)4)22(28)31-23(6,7)8/h9-10,13-16,19,24H,11-12H2,1-8H3,(H,25,27)/t16?,19-/m0/s1. The first-order valence-electron chi connectivity index (χ1n) is 10.8. The summed E-state index contributed by atoms with van der Waals surface area (Å²) < 4.78 is 5.42. The Morgan fingerprint density at radius 2 is 1.65 bits per heavy atom. The van der Waals surface area contributed by atoms with Gasteiger partial charge in [-0.2, -0.15) is 0 Å². The van der Waals surface area contributed by atoms with Gasteiger partial charge in [0.05, 0.1) is 4.92 Å². The summed E-state index contributed by atoms with van der Waals surface area (Å²) in [7, 11) is 0. The molecule has 0 saturated heterocycles. The third-order valence-electron chi connectivity index (χ3n) is 4.39.